The molecule has 21 heavy (non-hydrogen) atoms. The average Bonchev–Trinajstić information content (AvgIpc) is 2.80. The fraction of sp³-hybridized carbons (Fsp3) is 0.200. The zero-order chi connectivity index (χ0) is 14.8. The van der Waals surface area contributed by atoms with Crippen LogP contribution >= 0.6 is 23.8 Å². The maximum absolute atomic E-state index is 5.95. The molecule has 3 aromatic rings. The number of aryl methyl sites for hydroxylation is 2. The van der Waals surface area contributed by atoms with Crippen molar-refractivity contribution < 1.29 is 4.74 Å². The first-order valence-corrected chi connectivity index (χ1v) is 7.33. The van der Waals surface area contributed by atoms with Crippen LogP contribution in [0.2, 0.25) is 5.02 Å². The number of pyridine rings is 1. The van der Waals surface area contributed by atoms with E-state index in [9.17, 15) is 0 Å². The summed E-state index contributed by atoms with van der Waals surface area (Å²) in [5.74, 6) is 0.861. The number of hydrogen-bond donors (Lipinski definition) is 1. The van der Waals surface area contributed by atoms with E-state index in [1.165, 1.54) is 5.56 Å². The molecule has 1 aromatic carbocycles. The molecule has 0 amide bonds. The van der Waals surface area contributed by atoms with Crippen molar-refractivity contribution in [1.29, 1.82) is 0 Å². The van der Waals surface area contributed by atoms with Gasteiger partial charge in [-0.15, -0.1) is 0 Å². The third kappa shape index (κ3) is 2.94. The number of H-pyrrole nitrogens is 1. The number of fused-ring (bicyclic) bond motifs is 1. The molecule has 0 aliphatic heterocycles. The van der Waals surface area contributed by atoms with Gasteiger partial charge in [-0.05, 0) is 42.4 Å². The van der Waals surface area contributed by atoms with Crippen LogP contribution in [-0.2, 0) is 13.0 Å². The number of benzene rings is 1. The molecule has 0 saturated heterocycles. The summed E-state index contributed by atoms with van der Waals surface area (Å²) in [7, 11) is 1.67. The molecule has 6 heteroatoms. The summed E-state index contributed by atoms with van der Waals surface area (Å²) in [6.45, 7) is 0.751. The molecule has 1 N–H and O–H groups in total. The van der Waals surface area contributed by atoms with Gasteiger partial charge in [-0.2, -0.15) is 0 Å². The largest absolute Gasteiger partial charge is 0.497 e. The van der Waals surface area contributed by atoms with Crippen LogP contribution < -0.4 is 4.74 Å². The van der Waals surface area contributed by atoms with Crippen LogP contribution in [0.4, 0.5) is 0 Å². The highest BCUT2D eigenvalue weighted by atomic mass is 35.5. The molecular weight excluding hydrogens is 306 g/mol. The highest BCUT2D eigenvalue weighted by Crippen LogP contribution is 2.18. The average molecular weight is 320 g/mol. The molecule has 0 unspecified atom stereocenters. The van der Waals surface area contributed by atoms with E-state index in [4.69, 9.17) is 28.6 Å². The first-order valence-electron chi connectivity index (χ1n) is 6.54. The van der Waals surface area contributed by atoms with E-state index in [-0.39, 0.29) is 0 Å². The fourth-order valence-electron chi connectivity index (χ4n) is 2.29. The lowest BCUT2D eigenvalue weighted by atomic mass is 10.1. The Kier molecular flexibility index (Phi) is 3.94. The van der Waals surface area contributed by atoms with Gasteiger partial charge in [0.1, 0.15) is 5.75 Å². The summed E-state index contributed by atoms with van der Waals surface area (Å²) in [4.78, 5) is 7.49. The van der Waals surface area contributed by atoms with Gasteiger partial charge in [-0.25, -0.2) is 4.98 Å². The molecule has 0 fully saturated rings. The van der Waals surface area contributed by atoms with Gasteiger partial charge in [0.15, 0.2) is 10.4 Å². The van der Waals surface area contributed by atoms with Crippen LogP contribution in [0.25, 0.3) is 11.2 Å². The van der Waals surface area contributed by atoms with Crippen molar-refractivity contribution in [2.75, 3.05) is 7.11 Å². The van der Waals surface area contributed by atoms with Crippen molar-refractivity contribution in [3.63, 3.8) is 0 Å². The number of ether oxygens (including phenoxy) is 1. The molecule has 0 radical (unpaired) electrons. The normalized spacial score (nSPS) is 11.0. The van der Waals surface area contributed by atoms with Gasteiger partial charge in [0.2, 0.25) is 0 Å². The van der Waals surface area contributed by atoms with E-state index in [0.29, 0.717) is 9.79 Å². The van der Waals surface area contributed by atoms with E-state index >= 15 is 0 Å². The summed E-state index contributed by atoms with van der Waals surface area (Å²) < 4.78 is 7.88. The van der Waals surface area contributed by atoms with Gasteiger partial charge in [-0.1, -0.05) is 23.7 Å². The van der Waals surface area contributed by atoms with Gasteiger partial charge in [0, 0.05) is 12.7 Å². The fourth-order valence-corrected chi connectivity index (χ4v) is 2.74. The lowest BCUT2D eigenvalue weighted by molar-refractivity contribution is 0.414. The van der Waals surface area contributed by atoms with Gasteiger partial charge in [-0.3, -0.25) is 0 Å². The molecule has 0 saturated carbocycles. The Morgan fingerprint density at radius 3 is 3.05 bits per heavy atom. The zero-order valence-electron chi connectivity index (χ0n) is 11.5. The van der Waals surface area contributed by atoms with Crippen molar-refractivity contribution in [3.8, 4) is 5.75 Å². The quantitative estimate of drug-likeness (QED) is 0.739. The first-order chi connectivity index (χ1) is 10.2. The van der Waals surface area contributed by atoms with E-state index in [2.05, 4.69) is 16.0 Å². The number of aromatic nitrogens is 3. The predicted molar refractivity (Wildman–Crippen MR) is 86.6 cm³/mol. The molecule has 2 heterocycles. The Morgan fingerprint density at radius 1 is 1.38 bits per heavy atom. The zero-order valence-corrected chi connectivity index (χ0v) is 13.0. The van der Waals surface area contributed by atoms with Crippen LogP contribution in [-0.4, -0.2) is 21.6 Å². The number of methoxy groups -OCH3 is 1. The number of imidazole rings is 1. The van der Waals surface area contributed by atoms with Crippen LogP contribution in [0.1, 0.15) is 5.56 Å². The van der Waals surface area contributed by atoms with Crippen LogP contribution in [0.5, 0.6) is 5.75 Å². The summed E-state index contributed by atoms with van der Waals surface area (Å²) >= 11 is 11.3. The Balaban J connectivity index is 1.88. The highest BCUT2D eigenvalue weighted by molar-refractivity contribution is 7.71. The predicted octanol–water partition coefficient (Wildman–Crippen LogP) is 4.00. The number of nitrogens with zero attached hydrogens (tertiary/aromatic N) is 2. The van der Waals surface area contributed by atoms with Crippen LogP contribution in [0.15, 0.2) is 36.5 Å². The Labute approximate surface area is 132 Å². The molecule has 0 atom stereocenters. The number of hydrogen-bond acceptors (Lipinski definition) is 3. The molecular formula is C15H14ClN3OS. The van der Waals surface area contributed by atoms with Crippen molar-refractivity contribution in [2.45, 2.75) is 13.0 Å². The topological polar surface area (TPSA) is 42.8 Å². The SMILES string of the molecule is COc1cccc(CCn2c(=S)[nH]c3cc(Cl)cnc32)c1. The van der Waals surface area contributed by atoms with E-state index in [1.807, 2.05) is 28.8 Å². The summed E-state index contributed by atoms with van der Waals surface area (Å²) in [6.07, 6.45) is 2.48. The molecule has 108 valence electrons. The van der Waals surface area contributed by atoms with Gasteiger partial charge in [0.05, 0.1) is 17.6 Å². The summed E-state index contributed by atoms with van der Waals surface area (Å²) in [6, 6.07) is 9.86. The maximum atomic E-state index is 5.95. The van der Waals surface area contributed by atoms with Gasteiger partial charge < -0.3 is 14.3 Å². The number of aromatic amines is 1. The van der Waals surface area contributed by atoms with Crippen molar-refractivity contribution in [3.05, 3.63) is 51.9 Å². The van der Waals surface area contributed by atoms with Crippen LogP contribution in [0, 0.1) is 4.77 Å². The smallest absolute Gasteiger partial charge is 0.179 e. The summed E-state index contributed by atoms with van der Waals surface area (Å²) in [5, 5.41) is 0.596. The molecule has 0 spiro atoms. The van der Waals surface area contributed by atoms with E-state index < -0.39 is 0 Å². The lowest BCUT2D eigenvalue weighted by Crippen LogP contribution is -2.02. The number of nitrogens with one attached hydrogen (secondary N) is 1. The second-order valence-corrected chi connectivity index (χ2v) is 5.53. The molecule has 0 aliphatic carbocycles. The minimum atomic E-state index is 0.596. The third-order valence-electron chi connectivity index (χ3n) is 3.33. The minimum Gasteiger partial charge on any atom is -0.497 e. The maximum Gasteiger partial charge on any atom is 0.179 e. The second-order valence-electron chi connectivity index (χ2n) is 4.71. The monoisotopic (exact) mass is 319 g/mol. The Morgan fingerprint density at radius 2 is 2.24 bits per heavy atom. The van der Waals surface area contributed by atoms with Crippen molar-refractivity contribution in [1.82, 2.24) is 14.5 Å². The standard InChI is InChI=1S/C15H14ClN3OS/c1-20-12-4-2-3-10(7-12)5-6-19-14-13(18-15(19)21)8-11(16)9-17-14/h2-4,7-9H,5-6H2,1H3,(H,18,21). The molecule has 0 bridgehead atoms. The lowest BCUT2D eigenvalue weighted by Gasteiger charge is -2.06. The number of rotatable bonds is 4. The third-order valence-corrected chi connectivity index (χ3v) is 3.86. The number of halogens is 1. The van der Waals surface area contributed by atoms with E-state index in [1.54, 1.807) is 13.3 Å². The highest BCUT2D eigenvalue weighted by Gasteiger charge is 2.07. The minimum absolute atomic E-state index is 0.596. The van der Waals surface area contributed by atoms with Gasteiger partial charge >= 0.3 is 0 Å². The van der Waals surface area contributed by atoms with Gasteiger partial charge in [0.25, 0.3) is 0 Å². The van der Waals surface area contributed by atoms with E-state index in [0.717, 1.165) is 29.9 Å². The van der Waals surface area contributed by atoms with Crippen LogP contribution in [0.3, 0.4) is 0 Å². The Bertz CT molecular complexity index is 840. The van der Waals surface area contributed by atoms with Crippen molar-refractivity contribution in [2.24, 2.45) is 0 Å². The first kappa shape index (κ1) is 14.1. The van der Waals surface area contributed by atoms with Crippen molar-refractivity contribution >= 4 is 35.0 Å². The molecule has 3 rings (SSSR count). The summed E-state index contributed by atoms with van der Waals surface area (Å²) in [5.41, 5.74) is 2.88. The molecule has 4 nitrogen and oxygen atoms in total. The second kappa shape index (κ2) is 5.87. The Hall–Kier alpha value is -1.85. The molecule has 2 aromatic heterocycles. The molecule has 0 aliphatic rings.